The minimum atomic E-state index is -3.04. The van der Waals surface area contributed by atoms with Gasteiger partial charge in [-0.3, -0.25) is 14.4 Å². The number of carbonyl (C=O) groups excluding carboxylic acids is 3. The van der Waals surface area contributed by atoms with Crippen molar-refractivity contribution in [3.05, 3.63) is 52.0 Å². The monoisotopic (exact) mass is 409 g/mol. The number of hydrogen-bond donors (Lipinski definition) is 6. The molecule has 0 bridgehead atoms. The first-order chi connectivity index (χ1) is 17.3. The van der Waals surface area contributed by atoms with Crippen LogP contribution in [-0.4, -0.2) is 52.9 Å². The van der Waals surface area contributed by atoms with E-state index in [4.69, 9.17) is 16.4 Å². The second kappa shape index (κ2) is 5.68. The van der Waals surface area contributed by atoms with Crippen LogP contribution in [0.5, 0.6) is 5.75 Å². The highest BCUT2D eigenvalue weighted by atomic mass is 16.3. The Bertz CT molecular complexity index is 1280. The number of hydrogen-bond acceptors (Lipinski definition) is 8. The summed E-state index contributed by atoms with van der Waals surface area (Å²) < 4.78 is 61.9. The lowest BCUT2D eigenvalue weighted by Crippen LogP contribution is -2.59. The van der Waals surface area contributed by atoms with Gasteiger partial charge in [0, 0.05) is 26.5 Å². The minimum absolute atomic E-state index is 0.0724. The summed E-state index contributed by atoms with van der Waals surface area (Å²) in [7, 11) is 0. The number of fused-ring (bicyclic) bond motifs is 3. The Hall–Kier alpha value is -3.17. The Kier molecular flexibility index (Phi) is 2.30. The fourth-order valence-electron chi connectivity index (χ4n) is 4.46. The highest BCUT2D eigenvalue weighted by Gasteiger charge is 2.62. The summed E-state index contributed by atoms with van der Waals surface area (Å²) in [6, 6.07) is 4.09. The zero-order valence-electron chi connectivity index (χ0n) is 22.8. The second-order valence-corrected chi connectivity index (χ2v) is 7.44. The molecule has 1 aromatic rings. The molecule has 0 fully saturated rings. The summed E-state index contributed by atoms with van der Waals surface area (Å²) in [5.41, 5.74) is -7.56. The molecule has 3 aliphatic carbocycles. The number of phenols is 1. The topological polar surface area (TPSA) is 178 Å². The number of amides is 1. The third-order valence-corrected chi connectivity index (χ3v) is 5.93. The van der Waals surface area contributed by atoms with E-state index in [9.17, 15) is 19.5 Å². The highest BCUT2D eigenvalue weighted by molar-refractivity contribution is 6.24. The number of aliphatic hydroxyl groups is 4. The number of aliphatic hydroxyl groups excluding tert-OH is 2. The predicted octanol–water partition coefficient (Wildman–Crippen LogP) is 0.245. The number of benzene rings is 1. The lowest BCUT2D eigenvalue weighted by atomic mass is 9.56. The molecule has 0 saturated heterocycles. The van der Waals surface area contributed by atoms with Crippen molar-refractivity contribution in [2.75, 3.05) is 0 Å². The van der Waals surface area contributed by atoms with Crippen LogP contribution in [0, 0.1) is 11.8 Å². The molecule has 1 aromatic carbocycles. The fourth-order valence-corrected chi connectivity index (χ4v) is 4.46. The molecule has 9 heteroatoms. The highest BCUT2D eigenvalue weighted by Crippen LogP contribution is 2.55. The zero-order valence-corrected chi connectivity index (χ0v) is 14.8. The zero-order chi connectivity index (χ0) is 27.7. The summed E-state index contributed by atoms with van der Waals surface area (Å²) in [5.74, 6) is -10.3. The average Bonchev–Trinajstić information content (AvgIpc) is 2.87. The lowest BCUT2D eigenvalue weighted by molar-refractivity contribution is -0.147. The van der Waals surface area contributed by atoms with E-state index in [-0.39, 0.29) is 16.9 Å². The van der Waals surface area contributed by atoms with Crippen LogP contribution >= 0.6 is 0 Å². The number of carbonyl (C=O) groups is 3. The normalized spacial score (nSPS) is 39.1. The van der Waals surface area contributed by atoms with E-state index in [0.29, 0.717) is 0 Å². The summed E-state index contributed by atoms with van der Waals surface area (Å²) >= 11 is 0. The number of Topliss-reactive ketones (excluding diaryl/α,β-unsaturated/α-hetero) is 2. The molecule has 2 unspecified atom stereocenters. The average molecular weight is 409 g/mol. The number of rotatable bonds is 5. The van der Waals surface area contributed by atoms with Gasteiger partial charge in [0.2, 0.25) is 8.65 Å². The Morgan fingerprint density at radius 1 is 1.34 bits per heavy atom. The Labute approximate surface area is 176 Å². The van der Waals surface area contributed by atoms with E-state index in [1.165, 1.54) is 25.1 Å². The molecule has 4 atom stereocenters. The van der Waals surface area contributed by atoms with Gasteiger partial charge in [-0.2, -0.15) is 0 Å². The number of allylic oxidation sites excluding steroid dienone is 1. The Morgan fingerprint density at radius 2 is 2.17 bits per heavy atom. The van der Waals surface area contributed by atoms with Gasteiger partial charge in [0.25, 0.3) is 8.77 Å². The van der Waals surface area contributed by atoms with Gasteiger partial charge in [-0.1, -0.05) is 12.1 Å². The molecule has 9 nitrogen and oxygen atoms in total. The molecule has 4 rings (SSSR count). The number of primary amides is 1. The van der Waals surface area contributed by atoms with Crippen LogP contribution in [-0.2, 0) is 15.2 Å². The van der Waals surface area contributed by atoms with Gasteiger partial charge in [-0.25, -0.2) is 0 Å². The van der Waals surface area contributed by atoms with Crippen molar-refractivity contribution in [3.63, 3.8) is 0 Å². The number of ketones is 2. The molecule has 7 N–H and O–H groups in total. The van der Waals surface area contributed by atoms with Gasteiger partial charge in [0.05, 0.1) is 11.2 Å². The maximum atomic E-state index is 13.7. The van der Waals surface area contributed by atoms with Gasteiger partial charge < -0.3 is 31.3 Å². The van der Waals surface area contributed by atoms with Crippen LogP contribution in [0.3, 0.4) is 0 Å². The van der Waals surface area contributed by atoms with E-state index < -0.39 is 81.7 Å². The minimum Gasteiger partial charge on any atom is -0.511 e. The Morgan fingerprint density at radius 3 is 2.83 bits per heavy atom. The van der Waals surface area contributed by atoms with Gasteiger partial charge in [-0.05, 0) is 25.0 Å². The van der Waals surface area contributed by atoms with Crippen molar-refractivity contribution in [1.29, 1.82) is 5.72 Å². The number of phenolic OH excluding ortho intramolecular Hbond substituents is 1. The largest absolute Gasteiger partial charge is 0.511 e. The Balaban J connectivity index is 2.10. The molecule has 0 heterocycles. The molecule has 152 valence electrons. The standard InChI is InChI=1S/C20H19NO8/c1-19(28)8-3-2-4-10(22)12(8)15(24)13-9(19)5-7-6-11(23)14(18(21)27)17(26)20(7,29)16(13)25/h2-4,7,9,22-23,25,28-29H,5-6H2,1H3,(H2,21,27)/t7?,9?,19-,20+/m1/s1/i6D2,28D,29D/hD4. The van der Waals surface area contributed by atoms with Crippen molar-refractivity contribution in [3.8, 4) is 5.75 Å². The molecule has 0 aromatic heterocycles. The van der Waals surface area contributed by atoms with Crippen molar-refractivity contribution in [1.82, 2.24) is 0 Å². The molecule has 0 radical (unpaired) electrons. The second-order valence-electron chi connectivity index (χ2n) is 7.44. The lowest BCUT2D eigenvalue weighted by Gasteiger charge is -2.49. The van der Waals surface area contributed by atoms with Crippen LogP contribution in [0.15, 0.2) is 40.9 Å². The molecule has 29 heavy (non-hydrogen) atoms. The van der Waals surface area contributed by atoms with Crippen molar-refractivity contribution < 1.29 is 45.5 Å². The number of nitrogens with two attached hydrogens (primary N) is 1. The van der Waals surface area contributed by atoms with Gasteiger partial charge >= 0.3 is 0 Å². The first-order valence-electron chi connectivity index (χ1n) is 12.1. The fraction of sp³-hybridized carbons (Fsp3) is 0.350. The molecule has 1 amide bonds. The van der Waals surface area contributed by atoms with Gasteiger partial charge in [0.15, 0.2) is 14.2 Å². The summed E-state index contributed by atoms with van der Waals surface area (Å²) in [6.07, 6.45) is -3.60. The van der Waals surface area contributed by atoms with Gasteiger partial charge in [0.1, 0.15) is 22.8 Å². The molecule has 0 spiro atoms. The van der Waals surface area contributed by atoms with Crippen LogP contribution in [0.2, 0.25) is 2.82 Å². The van der Waals surface area contributed by atoms with E-state index in [1.54, 1.807) is 0 Å². The maximum Gasteiger partial charge on any atom is 0.293 e. The third-order valence-electron chi connectivity index (χ3n) is 5.93. The maximum absolute atomic E-state index is 13.7. The van der Waals surface area contributed by atoms with E-state index in [0.717, 1.165) is 0 Å². The van der Waals surface area contributed by atoms with Crippen LogP contribution in [0.25, 0.3) is 1.43 Å². The number of aromatic hydroxyl groups is 1. The van der Waals surface area contributed by atoms with Crippen molar-refractivity contribution in [2.24, 2.45) is 17.6 Å². The van der Waals surface area contributed by atoms with E-state index in [2.05, 4.69) is 15.3 Å². The van der Waals surface area contributed by atoms with E-state index >= 15 is 0 Å². The molecule has 3 aliphatic rings. The molecule has 0 aliphatic heterocycles. The molecular weight excluding hydrogens is 382 g/mol. The molecular formula is C20H19NO8. The summed E-state index contributed by atoms with van der Waals surface area (Å²) in [6.45, 7) is 1.36. The van der Waals surface area contributed by atoms with Crippen LogP contribution < -0.4 is 5.72 Å². The predicted molar refractivity (Wildman–Crippen MR) is 96.7 cm³/mol. The first kappa shape index (κ1) is 11.7. The first-order valence-corrected chi connectivity index (χ1v) is 8.59. The van der Waals surface area contributed by atoms with E-state index in [1.807, 2.05) is 0 Å². The van der Waals surface area contributed by atoms with Crippen LogP contribution in [0.4, 0.5) is 0 Å². The summed E-state index contributed by atoms with van der Waals surface area (Å²) in [4.78, 5) is 39.8. The third kappa shape index (κ3) is 2.19. The summed E-state index contributed by atoms with van der Waals surface area (Å²) in [5, 5.41) is 29.9. The quantitative estimate of drug-likeness (QED) is 0.374. The smallest absolute Gasteiger partial charge is 0.293 e. The van der Waals surface area contributed by atoms with Gasteiger partial charge in [-0.15, -0.1) is 0 Å². The SMILES string of the molecule is [2H]OC1=C(C(=O)N([2H])[2H])C(=O)[C@@]2(O[2H])C(O)=C3C(=O)c4c(O[2H])cccc4[C@@](C)(O[2H])C3CC2C1([2H])[2H]. The van der Waals surface area contributed by atoms with Crippen LogP contribution in [0.1, 0.15) is 38.4 Å². The molecule has 0 saturated carbocycles. The van der Waals surface area contributed by atoms with Crippen molar-refractivity contribution in [2.45, 2.75) is 30.9 Å². The van der Waals surface area contributed by atoms with Crippen molar-refractivity contribution >= 4 is 17.5 Å².